The van der Waals surface area contributed by atoms with Crippen molar-refractivity contribution >= 4 is 41.7 Å². The number of amides is 1. The maximum Gasteiger partial charge on any atom is 0.329 e. The summed E-state index contributed by atoms with van der Waals surface area (Å²) in [6, 6.07) is -1.22. The summed E-state index contributed by atoms with van der Waals surface area (Å²) in [5, 5.41) is 54.8. The van der Waals surface area contributed by atoms with E-state index in [0.717, 1.165) is 11.1 Å². The molecular weight excluding hydrogens is 949 g/mol. The van der Waals surface area contributed by atoms with E-state index in [1.807, 2.05) is 6.92 Å². The first-order valence-corrected chi connectivity index (χ1v) is 25.9. The van der Waals surface area contributed by atoms with Gasteiger partial charge in [0.1, 0.15) is 47.4 Å². The van der Waals surface area contributed by atoms with Crippen LogP contribution in [-0.4, -0.2) is 175 Å². The van der Waals surface area contributed by atoms with Crippen LogP contribution in [0.4, 0.5) is 0 Å². The Labute approximate surface area is 427 Å². The van der Waals surface area contributed by atoms with E-state index >= 15 is 0 Å². The average molecular weight is 1030 g/mol. The second-order valence-corrected chi connectivity index (χ2v) is 21.5. The molecule has 5 heterocycles. The molecule has 0 aromatic rings. The molecule has 6 rings (SSSR count). The topological polar surface area (TPSA) is 317 Å². The standard InChI is InChI=1S/C52H78N6O15/c1-29(20-32-16-18-38(59)41(22-32)68-6)40-24-39(60)31(3)47-50(4,73-47)45(62)44(69-7)43(61)34(26-56-57-55)21-33(25-53)12-8-9-14-42-51(28-54,72-42)35(27-67-5)23-36-17-15-30(2)52(66,71-36)46(63)48(64)58-19-11-10-13-37(58)49(65)70-40/h8-9,12,14,25,28-38,40-42,44-45,47,53-54,59,62,66H,10-11,13,15-24,26-27H2,1-7H3/b12-8+,14-9+,53-25?,54-28?/t29-,30-,31+,32+,33-,34+,35-,36+,37+,38-,40+,41-,42?,44+,45+,47?,50?,51?,52-/m1/s1. The summed E-state index contributed by atoms with van der Waals surface area (Å²) in [4.78, 5) is 76.0. The summed E-state index contributed by atoms with van der Waals surface area (Å²) >= 11 is 0. The molecule has 0 spiro atoms. The van der Waals surface area contributed by atoms with Crippen molar-refractivity contribution in [2.24, 2.45) is 46.5 Å². The number of hydrogen-bond donors (Lipinski definition) is 5. The molecule has 0 aromatic carbocycles. The number of piperidine rings is 1. The van der Waals surface area contributed by atoms with Gasteiger partial charge in [0.05, 0.1) is 31.0 Å². The summed E-state index contributed by atoms with van der Waals surface area (Å²) in [6.45, 7) is 6.52. The molecule has 4 unspecified atom stereocenters. The van der Waals surface area contributed by atoms with Gasteiger partial charge in [-0.15, -0.1) is 0 Å². The lowest BCUT2D eigenvalue weighted by Gasteiger charge is -2.43. The van der Waals surface area contributed by atoms with Gasteiger partial charge in [-0.05, 0) is 94.9 Å². The third-order valence-electron chi connectivity index (χ3n) is 16.7. The number of rotatable bonds is 11. The molecule has 1 saturated carbocycles. The number of esters is 1. The molecule has 21 nitrogen and oxygen atoms in total. The molecule has 6 aliphatic rings. The molecule has 1 amide bonds. The van der Waals surface area contributed by atoms with E-state index in [2.05, 4.69) is 10.0 Å². The summed E-state index contributed by atoms with van der Waals surface area (Å²) in [5.74, 6) is -10.8. The van der Waals surface area contributed by atoms with Crippen molar-refractivity contribution in [3.05, 3.63) is 34.7 Å². The predicted molar refractivity (Wildman–Crippen MR) is 263 cm³/mol. The zero-order valence-electron chi connectivity index (χ0n) is 43.3. The van der Waals surface area contributed by atoms with Crippen LogP contribution in [0.2, 0.25) is 0 Å². The van der Waals surface area contributed by atoms with Crippen molar-refractivity contribution in [1.82, 2.24) is 4.90 Å². The first-order valence-electron chi connectivity index (χ1n) is 25.9. The summed E-state index contributed by atoms with van der Waals surface area (Å²) in [5.41, 5.74) is 6.67. The molecule has 19 atom stereocenters. The molecule has 5 N–H and O–H groups in total. The van der Waals surface area contributed by atoms with E-state index in [-0.39, 0.29) is 57.1 Å². The number of ether oxygens (including phenoxy) is 7. The Morgan fingerprint density at radius 1 is 0.959 bits per heavy atom. The lowest BCUT2D eigenvalue weighted by molar-refractivity contribution is -0.265. The highest BCUT2D eigenvalue weighted by atomic mass is 16.6. The Hall–Kier alpha value is -4.28. The number of epoxide rings is 2. The van der Waals surface area contributed by atoms with Gasteiger partial charge in [0, 0.05) is 87.8 Å². The van der Waals surface area contributed by atoms with E-state index < -0.39 is 131 Å². The lowest BCUT2D eigenvalue weighted by Crippen LogP contribution is -2.61. The van der Waals surface area contributed by atoms with Gasteiger partial charge in [0.25, 0.3) is 11.7 Å². The number of aliphatic hydroxyl groups excluding tert-OH is 2. The Kier molecular flexibility index (Phi) is 19.9. The van der Waals surface area contributed by atoms with E-state index in [1.54, 1.807) is 45.1 Å². The van der Waals surface area contributed by atoms with Crippen LogP contribution in [0.15, 0.2) is 29.4 Å². The maximum atomic E-state index is 14.5. The zero-order valence-corrected chi connectivity index (χ0v) is 43.3. The number of cyclic esters (lactones) is 1. The molecule has 5 fully saturated rings. The zero-order chi connectivity index (χ0) is 53.4. The van der Waals surface area contributed by atoms with Gasteiger partial charge >= 0.3 is 5.97 Å². The van der Waals surface area contributed by atoms with Crippen LogP contribution in [0.25, 0.3) is 10.4 Å². The third-order valence-corrected chi connectivity index (χ3v) is 16.7. The number of ketones is 3. The van der Waals surface area contributed by atoms with Crippen molar-refractivity contribution in [1.29, 1.82) is 10.8 Å². The van der Waals surface area contributed by atoms with Crippen LogP contribution in [0.1, 0.15) is 105 Å². The predicted octanol–water partition coefficient (Wildman–Crippen LogP) is 4.40. The first kappa shape index (κ1) is 58.0. The summed E-state index contributed by atoms with van der Waals surface area (Å²) < 4.78 is 41.5. The molecule has 4 saturated heterocycles. The highest BCUT2D eigenvalue weighted by molar-refractivity contribution is 6.39. The fraction of sp³-hybridized carbons (Fsp3) is 0.788. The number of Topliss-reactive ketones (excluding diaryl/α,β-unsaturated/α-hetero) is 3. The molecule has 21 heteroatoms. The number of fused-ring (bicyclic) bond motifs is 5. The van der Waals surface area contributed by atoms with Gasteiger partial charge in [-0.2, -0.15) is 0 Å². The number of nitrogens with zero attached hydrogens (tertiary/aromatic N) is 4. The van der Waals surface area contributed by atoms with Crippen molar-refractivity contribution in [3.8, 4) is 0 Å². The number of nitrogens with one attached hydrogen (secondary N) is 2. The van der Waals surface area contributed by atoms with Gasteiger partial charge in [-0.25, -0.2) is 4.79 Å². The number of allylic oxidation sites excluding steroid dienone is 3. The van der Waals surface area contributed by atoms with Gasteiger partial charge < -0.3 is 64.2 Å². The number of carbonyl (C=O) groups excluding carboxylic acids is 5. The molecule has 1 aliphatic carbocycles. The minimum atomic E-state index is -2.54. The normalized spacial score (nSPS) is 42.7. The minimum absolute atomic E-state index is 0.0133. The molecule has 2 bridgehead atoms. The van der Waals surface area contributed by atoms with E-state index in [1.165, 1.54) is 27.5 Å². The van der Waals surface area contributed by atoms with Crippen LogP contribution in [0.5, 0.6) is 0 Å². The van der Waals surface area contributed by atoms with E-state index in [4.69, 9.17) is 44.0 Å². The molecule has 0 radical (unpaired) electrons. The lowest BCUT2D eigenvalue weighted by atomic mass is 9.78. The second kappa shape index (κ2) is 25.0. The molecule has 0 aromatic heterocycles. The molecule has 73 heavy (non-hydrogen) atoms. The van der Waals surface area contributed by atoms with Crippen LogP contribution in [0.3, 0.4) is 0 Å². The SMILES string of the molecule is COC[C@H]1C[C@@H]2CC[C@@H](C)[C@@](O)(O2)C(=O)C(=O)N2CCCC[C@H]2C(=O)O[C@H]([C@H](C)C[C@@H]2CC[C@@H](O)[C@H](OC)C2)CC(=O)[C@H](C)C2OC2(C)[C@@H](O)[C@@H](OC)C(=O)[C@H](CN=[N+]=[N-])C[C@H](C=N)/C=C/C=C/C2OC21C=N. The number of azide groups is 1. The Bertz CT molecular complexity index is 2120. The number of hydrogen-bond acceptors (Lipinski definition) is 18. The van der Waals surface area contributed by atoms with E-state index in [0.29, 0.717) is 51.4 Å². The number of aliphatic hydroxyl groups is 3. The third kappa shape index (κ3) is 12.9. The second-order valence-electron chi connectivity index (χ2n) is 21.5. The van der Waals surface area contributed by atoms with Crippen LogP contribution in [-0.2, 0) is 57.1 Å². The van der Waals surface area contributed by atoms with Gasteiger partial charge in [-0.3, -0.25) is 19.2 Å². The van der Waals surface area contributed by atoms with Crippen LogP contribution >= 0.6 is 0 Å². The van der Waals surface area contributed by atoms with Gasteiger partial charge in [-0.1, -0.05) is 50.2 Å². The van der Waals surface area contributed by atoms with Crippen molar-refractivity contribution < 1.29 is 72.5 Å². The van der Waals surface area contributed by atoms with Crippen molar-refractivity contribution in [2.45, 2.75) is 177 Å². The fourth-order valence-corrected chi connectivity index (χ4v) is 11.9. The highest BCUT2D eigenvalue weighted by Crippen LogP contribution is 2.48. The van der Waals surface area contributed by atoms with Crippen molar-refractivity contribution in [3.63, 3.8) is 0 Å². The van der Waals surface area contributed by atoms with Crippen LogP contribution < -0.4 is 0 Å². The average Bonchev–Trinajstić information content (AvgIpc) is 4.30. The Balaban J connectivity index is 1.34. The maximum absolute atomic E-state index is 14.5. The van der Waals surface area contributed by atoms with Gasteiger partial charge in [0.15, 0.2) is 5.78 Å². The fourth-order valence-electron chi connectivity index (χ4n) is 11.9. The minimum Gasteiger partial charge on any atom is -0.460 e. The Morgan fingerprint density at radius 3 is 2.37 bits per heavy atom. The summed E-state index contributed by atoms with van der Waals surface area (Å²) in [7, 11) is 4.29. The quantitative estimate of drug-likeness (QED) is 0.0364. The van der Waals surface area contributed by atoms with Gasteiger partial charge in [0.2, 0.25) is 5.79 Å². The molecule has 406 valence electrons. The van der Waals surface area contributed by atoms with E-state index in [9.17, 15) is 44.8 Å². The number of methoxy groups -OCH3 is 3. The molecule has 5 aliphatic heterocycles. The highest BCUT2D eigenvalue weighted by Gasteiger charge is 2.64. The van der Waals surface area contributed by atoms with Crippen molar-refractivity contribution in [2.75, 3.05) is 41.0 Å². The monoisotopic (exact) mass is 1030 g/mol. The van der Waals surface area contributed by atoms with Crippen LogP contribution in [0, 0.1) is 52.2 Å². The largest absolute Gasteiger partial charge is 0.460 e. The first-order chi connectivity index (χ1) is 34.8. The Morgan fingerprint density at radius 2 is 1.70 bits per heavy atom. The number of carbonyl (C=O) groups is 5. The smallest absolute Gasteiger partial charge is 0.329 e. The molecular formula is C52H78N6O15. The summed E-state index contributed by atoms with van der Waals surface area (Å²) in [6.07, 6.45) is 5.70.